The van der Waals surface area contributed by atoms with Crippen LogP contribution in [0.4, 0.5) is 5.69 Å². The Bertz CT molecular complexity index is 384. The zero-order chi connectivity index (χ0) is 12.4. The molecule has 1 saturated carbocycles. The standard InChI is InChI=1S/C14H20BrNS/c1-9-5-10(2)7-12(6-9)17-14-4-3-11(16)8-13(14)15/h3-4,8-10,12H,5-7,16H2,1-2H3. The summed E-state index contributed by atoms with van der Waals surface area (Å²) in [6.45, 7) is 4.75. The molecule has 2 N–H and O–H groups in total. The van der Waals surface area contributed by atoms with Gasteiger partial charge in [0.25, 0.3) is 0 Å². The Morgan fingerprint density at radius 1 is 1.18 bits per heavy atom. The average Bonchev–Trinajstić information content (AvgIpc) is 2.21. The van der Waals surface area contributed by atoms with Crippen molar-refractivity contribution in [3.05, 3.63) is 22.7 Å². The van der Waals surface area contributed by atoms with Crippen molar-refractivity contribution in [2.24, 2.45) is 11.8 Å². The predicted octanol–water partition coefficient (Wildman–Crippen LogP) is 4.95. The molecule has 1 aromatic carbocycles. The SMILES string of the molecule is CC1CC(C)CC(Sc2ccc(N)cc2Br)C1. The van der Waals surface area contributed by atoms with E-state index in [1.165, 1.54) is 24.2 Å². The molecule has 0 amide bonds. The molecule has 2 unspecified atom stereocenters. The van der Waals surface area contributed by atoms with Crippen molar-refractivity contribution < 1.29 is 0 Å². The first kappa shape index (κ1) is 13.3. The third kappa shape index (κ3) is 3.65. The van der Waals surface area contributed by atoms with Gasteiger partial charge in [0.1, 0.15) is 0 Å². The molecule has 0 saturated heterocycles. The molecular formula is C14H20BrNS. The summed E-state index contributed by atoms with van der Waals surface area (Å²) in [5.74, 6) is 1.73. The molecular weight excluding hydrogens is 294 g/mol. The molecule has 94 valence electrons. The Hall–Kier alpha value is -0.150. The summed E-state index contributed by atoms with van der Waals surface area (Å²) in [4.78, 5) is 1.32. The number of anilines is 1. The van der Waals surface area contributed by atoms with Crippen LogP contribution in [0.3, 0.4) is 0 Å². The van der Waals surface area contributed by atoms with Gasteiger partial charge in [-0.2, -0.15) is 0 Å². The zero-order valence-corrected chi connectivity index (χ0v) is 12.9. The van der Waals surface area contributed by atoms with Gasteiger partial charge >= 0.3 is 0 Å². The van der Waals surface area contributed by atoms with Crippen molar-refractivity contribution in [3.63, 3.8) is 0 Å². The van der Waals surface area contributed by atoms with Gasteiger partial charge in [0, 0.05) is 20.3 Å². The van der Waals surface area contributed by atoms with Gasteiger partial charge in [-0.15, -0.1) is 11.8 Å². The van der Waals surface area contributed by atoms with E-state index in [-0.39, 0.29) is 0 Å². The van der Waals surface area contributed by atoms with Crippen LogP contribution in [0, 0.1) is 11.8 Å². The van der Waals surface area contributed by atoms with Crippen molar-refractivity contribution in [1.82, 2.24) is 0 Å². The van der Waals surface area contributed by atoms with Crippen LogP contribution in [0.2, 0.25) is 0 Å². The smallest absolute Gasteiger partial charge is 0.0331 e. The van der Waals surface area contributed by atoms with Crippen molar-refractivity contribution in [2.75, 3.05) is 5.73 Å². The Kier molecular flexibility index (Phi) is 4.42. The number of hydrogen-bond acceptors (Lipinski definition) is 2. The minimum absolute atomic E-state index is 0.758. The van der Waals surface area contributed by atoms with Gasteiger partial charge in [0.05, 0.1) is 0 Å². The van der Waals surface area contributed by atoms with Crippen LogP contribution in [0.5, 0.6) is 0 Å². The summed E-state index contributed by atoms with van der Waals surface area (Å²) >= 11 is 5.61. The van der Waals surface area contributed by atoms with Crippen molar-refractivity contribution in [2.45, 2.75) is 43.3 Å². The maximum absolute atomic E-state index is 5.77. The minimum Gasteiger partial charge on any atom is -0.399 e. The van der Waals surface area contributed by atoms with E-state index in [0.29, 0.717) is 0 Å². The summed E-state index contributed by atoms with van der Waals surface area (Å²) < 4.78 is 1.13. The van der Waals surface area contributed by atoms with E-state index in [2.05, 4.69) is 35.8 Å². The van der Waals surface area contributed by atoms with Gasteiger partial charge in [-0.3, -0.25) is 0 Å². The van der Waals surface area contributed by atoms with E-state index in [1.807, 2.05) is 23.9 Å². The monoisotopic (exact) mass is 313 g/mol. The molecule has 0 radical (unpaired) electrons. The second-order valence-corrected chi connectivity index (χ2v) is 7.54. The predicted molar refractivity (Wildman–Crippen MR) is 80.4 cm³/mol. The number of halogens is 1. The van der Waals surface area contributed by atoms with Crippen LogP contribution < -0.4 is 5.73 Å². The lowest BCUT2D eigenvalue weighted by atomic mass is 9.83. The molecule has 2 atom stereocenters. The van der Waals surface area contributed by atoms with Gasteiger partial charge in [0.15, 0.2) is 0 Å². The highest BCUT2D eigenvalue weighted by Gasteiger charge is 2.24. The molecule has 1 fully saturated rings. The molecule has 1 aliphatic rings. The van der Waals surface area contributed by atoms with Crippen LogP contribution in [0.15, 0.2) is 27.6 Å². The molecule has 0 heterocycles. The van der Waals surface area contributed by atoms with Crippen molar-refractivity contribution in [3.8, 4) is 0 Å². The highest BCUT2D eigenvalue weighted by Crippen LogP contribution is 2.41. The fourth-order valence-corrected chi connectivity index (χ4v) is 4.97. The lowest BCUT2D eigenvalue weighted by Crippen LogP contribution is -2.21. The highest BCUT2D eigenvalue weighted by molar-refractivity contribution is 9.10. The molecule has 1 aromatic rings. The first-order chi connectivity index (χ1) is 8.04. The molecule has 0 bridgehead atoms. The van der Waals surface area contributed by atoms with E-state index in [0.717, 1.165) is 27.2 Å². The van der Waals surface area contributed by atoms with Gasteiger partial charge in [-0.1, -0.05) is 13.8 Å². The molecule has 1 aliphatic carbocycles. The van der Waals surface area contributed by atoms with Crippen LogP contribution in [0.1, 0.15) is 33.1 Å². The number of hydrogen-bond donors (Lipinski definition) is 1. The van der Waals surface area contributed by atoms with E-state index in [9.17, 15) is 0 Å². The largest absolute Gasteiger partial charge is 0.399 e. The quantitative estimate of drug-likeness (QED) is 0.782. The number of thioether (sulfide) groups is 1. The minimum atomic E-state index is 0.758. The zero-order valence-electron chi connectivity index (χ0n) is 10.4. The molecule has 0 aliphatic heterocycles. The normalized spacial score (nSPS) is 29.2. The number of benzene rings is 1. The van der Waals surface area contributed by atoms with Gasteiger partial charge in [-0.05, 0) is 65.2 Å². The van der Waals surface area contributed by atoms with E-state index < -0.39 is 0 Å². The Morgan fingerprint density at radius 2 is 1.82 bits per heavy atom. The number of nitrogen functional groups attached to an aromatic ring is 1. The van der Waals surface area contributed by atoms with E-state index in [1.54, 1.807) is 0 Å². The maximum atomic E-state index is 5.77. The summed E-state index contributed by atoms with van der Waals surface area (Å²) in [6.07, 6.45) is 4.07. The van der Waals surface area contributed by atoms with Crippen LogP contribution in [0.25, 0.3) is 0 Å². The molecule has 1 nitrogen and oxygen atoms in total. The average molecular weight is 314 g/mol. The first-order valence-corrected chi connectivity index (χ1v) is 7.93. The second kappa shape index (κ2) is 5.66. The van der Waals surface area contributed by atoms with Gasteiger partial charge < -0.3 is 5.73 Å². The third-order valence-corrected chi connectivity index (χ3v) is 5.63. The Labute approximate surface area is 117 Å². The van der Waals surface area contributed by atoms with Crippen LogP contribution in [-0.2, 0) is 0 Å². The molecule has 2 rings (SSSR count). The van der Waals surface area contributed by atoms with Crippen LogP contribution >= 0.6 is 27.7 Å². The number of rotatable bonds is 2. The Morgan fingerprint density at radius 3 is 2.41 bits per heavy atom. The Balaban J connectivity index is 2.04. The number of nitrogens with two attached hydrogens (primary N) is 1. The molecule has 0 aromatic heterocycles. The van der Waals surface area contributed by atoms with Gasteiger partial charge in [0.2, 0.25) is 0 Å². The molecule has 3 heteroatoms. The molecule has 17 heavy (non-hydrogen) atoms. The van der Waals surface area contributed by atoms with Crippen molar-refractivity contribution in [1.29, 1.82) is 0 Å². The summed E-state index contributed by atoms with van der Waals surface area (Å²) in [5, 5.41) is 0.758. The fraction of sp³-hybridized carbons (Fsp3) is 0.571. The highest BCUT2D eigenvalue weighted by atomic mass is 79.9. The first-order valence-electron chi connectivity index (χ1n) is 6.26. The van der Waals surface area contributed by atoms with E-state index >= 15 is 0 Å². The maximum Gasteiger partial charge on any atom is 0.0331 e. The van der Waals surface area contributed by atoms with Crippen molar-refractivity contribution >= 4 is 33.4 Å². The molecule has 0 spiro atoms. The fourth-order valence-electron chi connectivity index (χ4n) is 2.76. The van der Waals surface area contributed by atoms with Gasteiger partial charge in [-0.25, -0.2) is 0 Å². The second-order valence-electron chi connectivity index (χ2n) is 5.35. The third-order valence-electron chi connectivity index (χ3n) is 3.38. The van der Waals surface area contributed by atoms with Crippen LogP contribution in [-0.4, -0.2) is 5.25 Å². The topological polar surface area (TPSA) is 26.0 Å². The summed E-state index contributed by atoms with van der Waals surface area (Å²) in [5.41, 5.74) is 6.59. The summed E-state index contributed by atoms with van der Waals surface area (Å²) in [7, 11) is 0. The summed E-state index contributed by atoms with van der Waals surface area (Å²) in [6, 6.07) is 6.12. The van der Waals surface area contributed by atoms with E-state index in [4.69, 9.17) is 5.73 Å². The lowest BCUT2D eigenvalue weighted by Gasteiger charge is -2.31. The lowest BCUT2D eigenvalue weighted by molar-refractivity contribution is 0.309.